The SMILES string of the molecule is CCCC1OC1CCCCCCCCCCCOC(=O)c1ccccc1. The van der Waals surface area contributed by atoms with Gasteiger partial charge in [-0.1, -0.05) is 82.9 Å². The molecule has 0 N–H and O–H groups in total. The number of rotatable bonds is 15. The Kier molecular flexibility index (Phi) is 10.4. The quantitative estimate of drug-likeness (QED) is 0.209. The molecule has 1 saturated heterocycles. The van der Waals surface area contributed by atoms with Crippen molar-refractivity contribution in [3.05, 3.63) is 35.9 Å². The van der Waals surface area contributed by atoms with E-state index in [4.69, 9.17) is 9.47 Å². The number of esters is 1. The monoisotopic (exact) mass is 360 g/mol. The Bertz CT molecular complexity index is 485. The minimum absolute atomic E-state index is 0.205. The number of hydrogen-bond donors (Lipinski definition) is 0. The number of benzene rings is 1. The molecule has 2 atom stereocenters. The van der Waals surface area contributed by atoms with Gasteiger partial charge in [0.1, 0.15) is 0 Å². The fourth-order valence-electron chi connectivity index (χ4n) is 3.48. The van der Waals surface area contributed by atoms with Crippen LogP contribution in [0, 0.1) is 0 Å². The molecule has 1 aromatic carbocycles. The minimum Gasteiger partial charge on any atom is -0.462 e. The van der Waals surface area contributed by atoms with E-state index in [0.29, 0.717) is 24.4 Å². The lowest BCUT2D eigenvalue weighted by atomic mass is 10.0. The standard InChI is InChI=1S/C23H36O3/c1-2-15-21-22(26-21)18-13-8-6-4-3-5-7-9-14-19-25-23(24)20-16-11-10-12-17-20/h10-12,16-17,21-22H,2-9,13-15,18-19H2,1H3. The van der Waals surface area contributed by atoms with Crippen molar-refractivity contribution in [2.75, 3.05) is 6.61 Å². The largest absolute Gasteiger partial charge is 0.462 e. The first-order valence-electron chi connectivity index (χ1n) is 10.7. The fourth-order valence-corrected chi connectivity index (χ4v) is 3.48. The Hall–Kier alpha value is -1.35. The van der Waals surface area contributed by atoms with Gasteiger partial charge in [0.25, 0.3) is 0 Å². The van der Waals surface area contributed by atoms with E-state index in [1.807, 2.05) is 18.2 Å². The van der Waals surface area contributed by atoms with Gasteiger partial charge in [0.05, 0.1) is 24.4 Å². The minimum atomic E-state index is -0.205. The zero-order valence-electron chi connectivity index (χ0n) is 16.5. The van der Waals surface area contributed by atoms with Gasteiger partial charge in [-0.15, -0.1) is 0 Å². The lowest BCUT2D eigenvalue weighted by Gasteiger charge is -2.05. The van der Waals surface area contributed by atoms with E-state index in [-0.39, 0.29) is 5.97 Å². The summed E-state index contributed by atoms with van der Waals surface area (Å²) in [5.74, 6) is -0.205. The Balaban J connectivity index is 1.30. The third-order valence-corrected chi connectivity index (χ3v) is 5.14. The molecule has 3 nitrogen and oxygen atoms in total. The highest BCUT2D eigenvalue weighted by Gasteiger charge is 2.36. The van der Waals surface area contributed by atoms with Crippen molar-refractivity contribution in [3.63, 3.8) is 0 Å². The molecule has 3 heteroatoms. The fraction of sp³-hybridized carbons (Fsp3) is 0.696. The zero-order chi connectivity index (χ0) is 18.5. The van der Waals surface area contributed by atoms with Gasteiger partial charge in [0.2, 0.25) is 0 Å². The molecule has 0 spiro atoms. The van der Waals surface area contributed by atoms with Crippen molar-refractivity contribution >= 4 is 5.97 Å². The molecule has 2 unspecified atom stereocenters. The number of hydrogen-bond acceptors (Lipinski definition) is 3. The summed E-state index contributed by atoms with van der Waals surface area (Å²) in [6.45, 7) is 2.77. The average Bonchev–Trinajstić information content (AvgIpc) is 3.41. The highest BCUT2D eigenvalue weighted by Crippen LogP contribution is 2.30. The van der Waals surface area contributed by atoms with E-state index in [1.54, 1.807) is 12.1 Å². The van der Waals surface area contributed by atoms with E-state index in [2.05, 4.69) is 6.92 Å². The van der Waals surface area contributed by atoms with Crippen LogP contribution in [-0.2, 0) is 9.47 Å². The number of unbranched alkanes of at least 4 members (excludes halogenated alkanes) is 8. The van der Waals surface area contributed by atoms with Crippen LogP contribution < -0.4 is 0 Å². The lowest BCUT2D eigenvalue weighted by molar-refractivity contribution is 0.0497. The van der Waals surface area contributed by atoms with E-state index < -0.39 is 0 Å². The summed E-state index contributed by atoms with van der Waals surface area (Å²) in [5, 5.41) is 0. The molecule has 26 heavy (non-hydrogen) atoms. The van der Waals surface area contributed by atoms with E-state index in [0.717, 1.165) is 12.8 Å². The molecule has 0 bridgehead atoms. The second-order valence-electron chi connectivity index (χ2n) is 7.47. The predicted molar refractivity (Wildman–Crippen MR) is 106 cm³/mol. The van der Waals surface area contributed by atoms with Crippen LogP contribution in [0.15, 0.2) is 30.3 Å². The molecule has 0 aromatic heterocycles. The van der Waals surface area contributed by atoms with Gasteiger partial charge >= 0.3 is 5.97 Å². The van der Waals surface area contributed by atoms with Crippen molar-refractivity contribution in [2.24, 2.45) is 0 Å². The van der Waals surface area contributed by atoms with Crippen molar-refractivity contribution < 1.29 is 14.3 Å². The third kappa shape index (κ3) is 8.84. The first-order valence-corrected chi connectivity index (χ1v) is 10.7. The maximum atomic E-state index is 11.8. The van der Waals surface area contributed by atoms with Crippen molar-refractivity contribution in [2.45, 2.75) is 96.2 Å². The summed E-state index contributed by atoms with van der Waals surface area (Å²) in [5.41, 5.74) is 0.640. The molecule has 0 saturated carbocycles. The van der Waals surface area contributed by atoms with Gasteiger partial charge in [-0.3, -0.25) is 0 Å². The van der Waals surface area contributed by atoms with Gasteiger partial charge in [0, 0.05) is 0 Å². The van der Waals surface area contributed by atoms with Crippen molar-refractivity contribution in [1.29, 1.82) is 0 Å². The lowest BCUT2D eigenvalue weighted by Crippen LogP contribution is -2.06. The Morgan fingerprint density at radius 2 is 1.42 bits per heavy atom. The van der Waals surface area contributed by atoms with E-state index in [9.17, 15) is 4.79 Å². The molecule has 0 amide bonds. The summed E-state index contributed by atoms with van der Waals surface area (Å²) in [7, 11) is 0. The van der Waals surface area contributed by atoms with Gasteiger partial charge in [-0.2, -0.15) is 0 Å². The highest BCUT2D eigenvalue weighted by atomic mass is 16.6. The van der Waals surface area contributed by atoms with Gasteiger partial charge < -0.3 is 9.47 Å². The van der Waals surface area contributed by atoms with Crippen LogP contribution in [0.4, 0.5) is 0 Å². The molecule has 1 aromatic rings. The molecule has 146 valence electrons. The molecular formula is C23H36O3. The van der Waals surface area contributed by atoms with Crippen LogP contribution in [0.25, 0.3) is 0 Å². The zero-order valence-corrected chi connectivity index (χ0v) is 16.5. The summed E-state index contributed by atoms with van der Waals surface area (Å²) in [4.78, 5) is 11.8. The number of epoxide rings is 1. The number of carbonyl (C=O) groups is 1. The molecule has 0 radical (unpaired) electrons. The molecular weight excluding hydrogens is 324 g/mol. The first-order chi connectivity index (χ1) is 12.8. The third-order valence-electron chi connectivity index (χ3n) is 5.14. The summed E-state index contributed by atoms with van der Waals surface area (Å²) < 4.78 is 11.0. The number of carbonyl (C=O) groups excluding carboxylic acids is 1. The second-order valence-corrected chi connectivity index (χ2v) is 7.47. The smallest absolute Gasteiger partial charge is 0.338 e. The Labute approximate surface area is 159 Å². The molecule has 2 rings (SSSR count). The first kappa shape index (κ1) is 21.0. The summed E-state index contributed by atoms with van der Waals surface area (Å²) >= 11 is 0. The average molecular weight is 361 g/mol. The topological polar surface area (TPSA) is 38.8 Å². The van der Waals surface area contributed by atoms with Gasteiger partial charge in [0.15, 0.2) is 0 Å². The molecule has 1 fully saturated rings. The Morgan fingerprint density at radius 1 is 0.846 bits per heavy atom. The van der Waals surface area contributed by atoms with Crippen LogP contribution in [0.3, 0.4) is 0 Å². The van der Waals surface area contributed by atoms with E-state index >= 15 is 0 Å². The molecule has 1 heterocycles. The van der Waals surface area contributed by atoms with Crippen molar-refractivity contribution in [1.82, 2.24) is 0 Å². The van der Waals surface area contributed by atoms with Gasteiger partial charge in [-0.25, -0.2) is 4.79 Å². The maximum Gasteiger partial charge on any atom is 0.338 e. The highest BCUT2D eigenvalue weighted by molar-refractivity contribution is 5.89. The number of ether oxygens (including phenoxy) is 2. The predicted octanol–water partition coefficient (Wildman–Crippen LogP) is 6.31. The van der Waals surface area contributed by atoms with E-state index in [1.165, 1.54) is 64.2 Å². The van der Waals surface area contributed by atoms with Crippen LogP contribution in [-0.4, -0.2) is 24.8 Å². The van der Waals surface area contributed by atoms with Crippen LogP contribution in [0.5, 0.6) is 0 Å². The van der Waals surface area contributed by atoms with Gasteiger partial charge in [-0.05, 0) is 31.4 Å². The second kappa shape index (κ2) is 12.9. The molecule has 0 aliphatic carbocycles. The molecule has 1 aliphatic heterocycles. The van der Waals surface area contributed by atoms with Crippen LogP contribution in [0.2, 0.25) is 0 Å². The van der Waals surface area contributed by atoms with Crippen LogP contribution >= 0.6 is 0 Å². The van der Waals surface area contributed by atoms with Crippen molar-refractivity contribution in [3.8, 4) is 0 Å². The summed E-state index contributed by atoms with van der Waals surface area (Å²) in [6.07, 6.45) is 16.4. The van der Waals surface area contributed by atoms with Crippen LogP contribution in [0.1, 0.15) is 94.3 Å². The maximum absolute atomic E-state index is 11.8. The molecule has 1 aliphatic rings. The Morgan fingerprint density at radius 3 is 2.08 bits per heavy atom. The summed E-state index contributed by atoms with van der Waals surface area (Å²) in [6, 6.07) is 9.22. The normalized spacial score (nSPS) is 18.7.